The van der Waals surface area contributed by atoms with E-state index in [1.54, 1.807) is 24.3 Å². The van der Waals surface area contributed by atoms with E-state index in [0.717, 1.165) is 0 Å². The maximum absolute atomic E-state index is 12.1. The van der Waals surface area contributed by atoms with Crippen molar-refractivity contribution in [3.8, 4) is 5.75 Å². The van der Waals surface area contributed by atoms with E-state index in [1.165, 1.54) is 21.9 Å². The molecule has 2 aromatic heterocycles. The highest BCUT2D eigenvalue weighted by atomic mass is 35.5. The van der Waals surface area contributed by atoms with Crippen molar-refractivity contribution in [1.29, 1.82) is 0 Å². The van der Waals surface area contributed by atoms with Gasteiger partial charge >= 0.3 is 5.97 Å². The molecule has 0 amide bonds. The average molecular weight is 410 g/mol. The summed E-state index contributed by atoms with van der Waals surface area (Å²) in [6.07, 6.45) is 0. The zero-order valence-corrected chi connectivity index (χ0v) is 16.0. The lowest BCUT2D eigenvalue weighted by molar-refractivity contribution is -0.147. The molecule has 2 heterocycles. The molecule has 27 heavy (non-hydrogen) atoms. The first-order valence-corrected chi connectivity index (χ1v) is 9.25. The Bertz CT molecular complexity index is 1000. The van der Waals surface area contributed by atoms with Crippen molar-refractivity contribution in [2.45, 2.75) is 20.1 Å². The summed E-state index contributed by atoms with van der Waals surface area (Å²) in [7, 11) is 0. The molecule has 0 radical (unpaired) electrons. The van der Waals surface area contributed by atoms with Crippen LogP contribution in [0.15, 0.2) is 35.1 Å². The first-order chi connectivity index (χ1) is 13.1. The van der Waals surface area contributed by atoms with Gasteiger partial charge in [-0.15, -0.1) is 0 Å². The van der Waals surface area contributed by atoms with Gasteiger partial charge in [-0.25, -0.2) is 9.78 Å². The molecule has 10 heteroatoms. The van der Waals surface area contributed by atoms with E-state index in [9.17, 15) is 9.59 Å². The Morgan fingerprint density at radius 3 is 2.89 bits per heavy atom. The quantitative estimate of drug-likeness (QED) is 0.527. The number of esters is 1. The minimum atomic E-state index is -0.599. The number of halogens is 1. The van der Waals surface area contributed by atoms with Crippen molar-refractivity contribution in [1.82, 2.24) is 14.6 Å². The molecule has 3 aromatic rings. The number of benzene rings is 1. The standard InChI is InChI=1S/C17H16ClN3O5S/c1-2-24-9-14-20-21-15(22)7-11(19-17(21)27-14)8-26-16(23)10-25-13-6-4-3-5-12(13)18/h3-7H,2,8-10H2,1H3. The molecule has 8 nitrogen and oxygen atoms in total. The summed E-state index contributed by atoms with van der Waals surface area (Å²) in [5.41, 5.74) is -0.0185. The van der Waals surface area contributed by atoms with Crippen LogP contribution in [0.2, 0.25) is 5.02 Å². The molecule has 0 aliphatic rings. The number of para-hydroxylation sites is 1. The molecule has 0 N–H and O–H groups in total. The topological polar surface area (TPSA) is 92.0 Å². The van der Waals surface area contributed by atoms with Crippen LogP contribution in [0.1, 0.15) is 17.6 Å². The fraction of sp³-hybridized carbons (Fsp3) is 0.294. The summed E-state index contributed by atoms with van der Waals surface area (Å²) >= 11 is 7.19. The van der Waals surface area contributed by atoms with Crippen LogP contribution in [0.4, 0.5) is 0 Å². The second-order valence-electron chi connectivity index (χ2n) is 5.29. The molecule has 0 saturated heterocycles. The second kappa shape index (κ2) is 8.94. The predicted molar refractivity (Wildman–Crippen MR) is 99.2 cm³/mol. The van der Waals surface area contributed by atoms with Gasteiger partial charge in [0.25, 0.3) is 5.56 Å². The van der Waals surface area contributed by atoms with E-state index < -0.39 is 5.97 Å². The monoisotopic (exact) mass is 409 g/mol. The van der Waals surface area contributed by atoms with Gasteiger partial charge in [0.1, 0.15) is 24.0 Å². The van der Waals surface area contributed by atoms with E-state index in [0.29, 0.717) is 39.6 Å². The number of nitrogens with zero attached hydrogens (tertiary/aromatic N) is 3. The predicted octanol–water partition coefficient (Wildman–Crippen LogP) is 2.46. The maximum Gasteiger partial charge on any atom is 0.344 e. The van der Waals surface area contributed by atoms with E-state index in [2.05, 4.69) is 10.1 Å². The lowest BCUT2D eigenvalue weighted by Gasteiger charge is -2.07. The van der Waals surface area contributed by atoms with Gasteiger partial charge in [-0.3, -0.25) is 4.79 Å². The summed E-state index contributed by atoms with van der Waals surface area (Å²) < 4.78 is 16.9. The number of aromatic nitrogens is 3. The van der Waals surface area contributed by atoms with Crippen molar-refractivity contribution in [2.24, 2.45) is 0 Å². The van der Waals surface area contributed by atoms with Crippen LogP contribution in [0.5, 0.6) is 5.75 Å². The van der Waals surface area contributed by atoms with E-state index >= 15 is 0 Å². The Kier molecular flexibility index (Phi) is 6.38. The third kappa shape index (κ3) is 5.03. The molecule has 0 spiro atoms. The normalized spacial score (nSPS) is 10.9. The summed E-state index contributed by atoms with van der Waals surface area (Å²) in [6, 6.07) is 8.08. The van der Waals surface area contributed by atoms with Gasteiger partial charge in [-0.05, 0) is 19.1 Å². The van der Waals surface area contributed by atoms with Crippen molar-refractivity contribution in [3.05, 3.63) is 56.4 Å². The third-order valence-electron chi connectivity index (χ3n) is 3.33. The molecule has 0 atom stereocenters. The smallest absolute Gasteiger partial charge is 0.344 e. The summed E-state index contributed by atoms with van der Waals surface area (Å²) in [4.78, 5) is 28.7. The number of ether oxygens (including phenoxy) is 3. The number of hydrogen-bond acceptors (Lipinski definition) is 8. The van der Waals surface area contributed by atoms with Gasteiger partial charge in [0, 0.05) is 12.7 Å². The van der Waals surface area contributed by atoms with Gasteiger partial charge in [-0.1, -0.05) is 35.1 Å². The number of carbonyl (C=O) groups is 1. The maximum atomic E-state index is 12.1. The largest absolute Gasteiger partial charge is 0.480 e. The van der Waals surface area contributed by atoms with Gasteiger partial charge in [-0.2, -0.15) is 9.61 Å². The Morgan fingerprint density at radius 1 is 1.30 bits per heavy atom. The van der Waals surface area contributed by atoms with Crippen LogP contribution >= 0.6 is 22.9 Å². The lowest BCUT2D eigenvalue weighted by Crippen LogP contribution is -2.18. The Hall–Kier alpha value is -2.49. The van der Waals surface area contributed by atoms with Gasteiger partial charge < -0.3 is 14.2 Å². The zero-order chi connectivity index (χ0) is 19.2. The fourth-order valence-electron chi connectivity index (χ4n) is 2.11. The van der Waals surface area contributed by atoms with Gasteiger partial charge in [0.2, 0.25) is 4.96 Å². The minimum Gasteiger partial charge on any atom is -0.480 e. The Morgan fingerprint density at radius 2 is 2.11 bits per heavy atom. The minimum absolute atomic E-state index is 0.144. The molecule has 0 saturated carbocycles. The molecule has 3 rings (SSSR count). The number of rotatable bonds is 8. The number of carbonyl (C=O) groups excluding carboxylic acids is 1. The highest BCUT2D eigenvalue weighted by Crippen LogP contribution is 2.22. The van der Waals surface area contributed by atoms with Crippen molar-refractivity contribution in [3.63, 3.8) is 0 Å². The molecule has 0 fully saturated rings. The highest BCUT2D eigenvalue weighted by Gasteiger charge is 2.12. The van der Waals surface area contributed by atoms with Crippen LogP contribution < -0.4 is 10.3 Å². The molecule has 142 valence electrons. The Balaban J connectivity index is 1.60. The van der Waals surface area contributed by atoms with Gasteiger partial charge in [0.15, 0.2) is 6.61 Å². The molecular formula is C17H16ClN3O5S. The lowest BCUT2D eigenvalue weighted by atomic mass is 10.3. The molecule has 0 bridgehead atoms. The summed E-state index contributed by atoms with van der Waals surface area (Å²) in [6.45, 7) is 2.29. The fourth-order valence-corrected chi connectivity index (χ4v) is 3.16. The molecule has 0 aliphatic heterocycles. The van der Waals surface area contributed by atoms with Crippen LogP contribution in [-0.4, -0.2) is 33.8 Å². The number of fused-ring (bicyclic) bond motifs is 1. The van der Waals surface area contributed by atoms with Crippen LogP contribution in [-0.2, 0) is 27.5 Å². The van der Waals surface area contributed by atoms with Gasteiger partial charge in [0.05, 0.1) is 10.7 Å². The second-order valence-corrected chi connectivity index (χ2v) is 6.74. The summed E-state index contributed by atoms with van der Waals surface area (Å²) in [5, 5.41) is 5.20. The molecular weight excluding hydrogens is 394 g/mol. The first-order valence-electron chi connectivity index (χ1n) is 8.06. The third-order valence-corrected chi connectivity index (χ3v) is 4.53. The van der Waals surface area contributed by atoms with Crippen molar-refractivity contribution < 1.29 is 19.0 Å². The van der Waals surface area contributed by atoms with E-state index in [4.69, 9.17) is 25.8 Å². The molecule has 1 aromatic carbocycles. The SMILES string of the molecule is CCOCc1nn2c(=O)cc(COC(=O)COc3ccccc3Cl)nc2s1. The van der Waals surface area contributed by atoms with E-state index in [1.807, 2.05) is 6.92 Å². The van der Waals surface area contributed by atoms with Crippen molar-refractivity contribution in [2.75, 3.05) is 13.2 Å². The number of hydrogen-bond donors (Lipinski definition) is 0. The van der Waals surface area contributed by atoms with Crippen LogP contribution in [0.3, 0.4) is 0 Å². The van der Waals surface area contributed by atoms with E-state index in [-0.39, 0.29) is 18.8 Å². The summed E-state index contributed by atoms with van der Waals surface area (Å²) in [5.74, 6) is -0.210. The molecule has 0 unspecified atom stereocenters. The van der Waals surface area contributed by atoms with Crippen LogP contribution in [0.25, 0.3) is 4.96 Å². The zero-order valence-electron chi connectivity index (χ0n) is 14.4. The first kappa shape index (κ1) is 19.3. The van der Waals surface area contributed by atoms with Crippen molar-refractivity contribution >= 4 is 33.9 Å². The average Bonchev–Trinajstić information content (AvgIpc) is 3.07. The Labute approximate surface area is 163 Å². The van der Waals surface area contributed by atoms with Crippen LogP contribution in [0, 0.1) is 0 Å². The molecule has 0 aliphatic carbocycles. The highest BCUT2D eigenvalue weighted by molar-refractivity contribution is 7.16.